The van der Waals surface area contributed by atoms with E-state index in [4.69, 9.17) is 5.73 Å². The zero-order chi connectivity index (χ0) is 13.8. The highest BCUT2D eigenvalue weighted by atomic mass is 79.9. The summed E-state index contributed by atoms with van der Waals surface area (Å²) < 4.78 is 1.16. The van der Waals surface area contributed by atoms with E-state index < -0.39 is 0 Å². The SMILES string of the molecule is CCC1CCC(N(C)Cc2cc(N)ccc2Br)CC1. The monoisotopic (exact) mass is 324 g/mol. The second-order valence-corrected chi connectivity index (χ2v) is 6.70. The second-order valence-electron chi connectivity index (χ2n) is 5.85. The van der Waals surface area contributed by atoms with E-state index in [9.17, 15) is 0 Å². The summed E-state index contributed by atoms with van der Waals surface area (Å²) >= 11 is 3.62. The van der Waals surface area contributed by atoms with Crippen molar-refractivity contribution in [2.75, 3.05) is 12.8 Å². The van der Waals surface area contributed by atoms with Crippen molar-refractivity contribution < 1.29 is 0 Å². The molecule has 0 spiro atoms. The minimum Gasteiger partial charge on any atom is -0.399 e. The summed E-state index contributed by atoms with van der Waals surface area (Å²) in [6.45, 7) is 3.30. The molecule has 0 amide bonds. The third kappa shape index (κ3) is 3.96. The Bertz CT molecular complexity index is 411. The Balaban J connectivity index is 1.94. The molecule has 3 heteroatoms. The second kappa shape index (κ2) is 6.76. The topological polar surface area (TPSA) is 29.3 Å². The summed E-state index contributed by atoms with van der Waals surface area (Å²) in [6.07, 6.45) is 6.81. The number of benzene rings is 1. The summed E-state index contributed by atoms with van der Waals surface area (Å²) in [5.74, 6) is 0.962. The molecule has 1 aromatic carbocycles. The predicted molar refractivity (Wildman–Crippen MR) is 86.1 cm³/mol. The van der Waals surface area contributed by atoms with Crippen molar-refractivity contribution >= 4 is 21.6 Å². The fourth-order valence-electron chi connectivity index (χ4n) is 3.11. The van der Waals surface area contributed by atoms with Gasteiger partial charge in [0.15, 0.2) is 0 Å². The van der Waals surface area contributed by atoms with E-state index in [1.54, 1.807) is 0 Å². The molecule has 0 saturated heterocycles. The molecule has 19 heavy (non-hydrogen) atoms. The van der Waals surface area contributed by atoms with E-state index >= 15 is 0 Å². The van der Waals surface area contributed by atoms with Gasteiger partial charge in [-0.3, -0.25) is 4.90 Å². The Hall–Kier alpha value is -0.540. The van der Waals surface area contributed by atoms with Gasteiger partial charge >= 0.3 is 0 Å². The van der Waals surface area contributed by atoms with Crippen molar-refractivity contribution in [1.29, 1.82) is 0 Å². The molecule has 0 unspecified atom stereocenters. The lowest BCUT2D eigenvalue weighted by Gasteiger charge is -2.34. The highest BCUT2D eigenvalue weighted by Gasteiger charge is 2.23. The van der Waals surface area contributed by atoms with Crippen molar-refractivity contribution in [2.45, 2.75) is 51.6 Å². The number of nitrogens with two attached hydrogens (primary N) is 1. The van der Waals surface area contributed by atoms with Gasteiger partial charge in [0.1, 0.15) is 0 Å². The van der Waals surface area contributed by atoms with Gasteiger partial charge in [-0.1, -0.05) is 29.3 Å². The van der Waals surface area contributed by atoms with Crippen LogP contribution in [0.15, 0.2) is 22.7 Å². The molecule has 1 aromatic rings. The van der Waals surface area contributed by atoms with Crippen molar-refractivity contribution in [2.24, 2.45) is 5.92 Å². The number of halogens is 1. The average molecular weight is 325 g/mol. The van der Waals surface area contributed by atoms with Crippen LogP contribution in [0.3, 0.4) is 0 Å². The third-order valence-corrected chi connectivity index (χ3v) is 5.28. The number of rotatable bonds is 4. The summed E-state index contributed by atoms with van der Waals surface area (Å²) in [4.78, 5) is 2.49. The van der Waals surface area contributed by atoms with Crippen LogP contribution >= 0.6 is 15.9 Å². The number of hydrogen-bond acceptors (Lipinski definition) is 2. The van der Waals surface area contributed by atoms with Crippen molar-refractivity contribution in [3.8, 4) is 0 Å². The van der Waals surface area contributed by atoms with Crippen LogP contribution in [-0.2, 0) is 6.54 Å². The summed E-state index contributed by atoms with van der Waals surface area (Å²) in [7, 11) is 2.24. The highest BCUT2D eigenvalue weighted by Crippen LogP contribution is 2.30. The predicted octanol–water partition coefficient (Wildman–Crippen LogP) is 4.43. The van der Waals surface area contributed by atoms with Crippen molar-refractivity contribution in [3.05, 3.63) is 28.2 Å². The highest BCUT2D eigenvalue weighted by molar-refractivity contribution is 9.10. The van der Waals surface area contributed by atoms with Crippen LogP contribution in [0, 0.1) is 5.92 Å². The lowest BCUT2D eigenvalue weighted by Crippen LogP contribution is -2.34. The molecular weight excluding hydrogens is 300 g/mol. The zero-order valence-electron chi connectivity index (χ0n) is 12.0. The van der Waals surface area contributed by atoms with Gasteiger partial charge in [0, 0.05) is 22.7 Å². The average Bonchev–Trinajstić information content (AvgIpc) is 2.43. The Labute approximate surface area is 125 Å². The van der Waals surface area contributed by atoms with Crippen LogP contribution in [0.2, 0.25) is 0 Å². The van der Waals surface area contributed by atoms with Crippen molar-refractivity contribution in [1.82, 2.24) is 4.90 Å². The molecule has 2 rings (SSSR count). The lowest BCUT2D eigenvalue weighted by atomic mass is 9.84. The van der Waals surface area contributed by atoms with Gasteiger partial charge in [-0.2, -0.15) is 0 Å². The molecule has 0 radical (unpaired) electrons. The van der Waals surface area contributed by atoms with Gasteiger partial charge in [0.2, 0.25) is 0 Å². The van der Waals surface area contributed by atoms with Crippen LogP contribution in [-0.4, -0.2) is 18.0 Å². The minimum atomic E-state index is 0.733. The minimum absolute atomic E-state index is 0.733. The molecule has 1 aliphatic carbocycles. The molecule has 1 saturated carbocycles. The molecule has 2 nitrogen and oxygen atoms in total. The van der Waals surface area contributed by atoms with Gasteiger partial charge in [-0.25, -0.2) is 0 Å². The smallest absolute Gasteiger partial charge is 0.0318 e. The molecule has 2 N–H and O–H groups in total. The van der Waals surface area contributed by atoms with Crippen molar-refractivity contribution in [3.63, 3.8) is 0 Å². The fraction of sp³-hybridized carbons (Fsp3) is 0.625. The van der Waals surface area contributed by atoms with Gasteiger partial charge in [-0.05, 0) is 62.4 Å². The van der Waals surface area contributed by atoms with E-state index in [0.717, 1.165) is 28.7 Å². The number of nitrogens with zero attached hydrogens (tertiary/aromatic N) is 1. The van der Waals surface area contributed by atoms with Gasteiger partial charge < -0.3 is 5.73 Å². The van der Waals surface area contributed by atoms with E-state index in [2.05, 4.69) is 40.9 Å². The molecule has 0 bridgehead atoms. The maximum absolute atomic E-state index is 5.88. The summed E-state index contributed by atoms with van der Waals surface area (Å²) in [5.41, 5.74) is 8.02. The summed E-state index contributed by atoms with van der Waals surface area (Å²) in [6, 6.07) is 6.81. The normalized spacial score (nSPS) is 23.8. The van der Waals surface area contributed by atoms with Gasteiger partial charge in [0.25, 0.3) is 0 Å². The molecule has 0 aromatic heterocycles. The standard InChI is InChI=1S/C16H25BrN2/c1-3-12-4-7-15(8-5-12)19(2)11-13-10-14(18)6-9-16(13)17/h6,9-10,12,15H,3-5,7-8,11,18H2,1-2H3. The number of nitrogen functional groups attached to an aromatic ring is 1. The van der Waals surface area contributed by atoms with Gasteiger partial charge in [-0.15, -0.1) is 0 Å². The quantitative estimate of drug-likeness (QED) is 0.830. The first-order valence-corrected chi connectivity index (χ1v) is 8.13. The molecule has 0 atom stereocenters. The Morgan fingerprint density at radius 2 is 1.95 bits per heavy atom. The van der Waals surface area contributed by atoms with Gasteiger partial charge in [0.05, 0.1) is 0 Å². The number of hydrogen-bond donors (Lipinski definition) is 1. The fourth-order valence-corrected chi connectivity index (χ4v) is 3.48. The van der Waals surface area contributed by atoms with Crippen LogP contribution in [0.25, 0.3) is 0 Å². The van der Waals surface area contributed by atoms with Crippen LogP contribution < -0.4 is 5.73 Å². The van der Waals surface area contributed by atoms with E-state index in [1.165, 1.54) is 37.7 Å². The first kappa shape index (κ1) is 14.9. The first-order chi connectivity index (χ1) is 9.10. The van der Waals surface area contributed by atoms with E-state index in [0.29, 0.717) is 0 Å². The number of anilines is 1. The largest absolute Gasteiger partial charge is 0.399 e. The molecule has 0 aliphatic heterocycles. The third-order valence-electron chi connectivity index (χ3n) is 4.51. The Kier molecular flexibility index (Phi) is 5.28. The van der Waals surface area contributed by atoms with Crippen LogP contribution in [0.5, 0.6) is 0 Å². The lowest BCUT2D eigenvalue weighted by molar-refractivity contribution is 0.157. The molecule has 0 heterocycles. The van der Waals surface area contributed by atoms with Crippen LogP contribution in [0.1, 0.15) is 44.6 Å². The van der Waals surface area contributed by atoms with Crippen LogP contribution in [0.4, 0.5) is 5.69 Å². The zero-order valence-corrected chi connectivity index (χ0v) is 13.6. The maximum atomic E-state index is 5.88. The molecule has 1 fully saturated rings. The summed E-state index contributed by atoms with van der Waals surface area (Å²) in [5, 5.41) is 0. The van der Waals surface area contributed by atoms with E-state index in [1.807, 2.05) is 12.1 Å². The molecule has 106 valence electrons. The first-order valence-electron chi connectivity index (χ1n) is 7.34. The Morgan fingerprint density at radius 1 is 1.26 bits per heavy atom. The van der Waals surface area contributed by atoms with E-state index in [-0.39, 0.29) is 0 Å². The Morgan fingerprint density at radius 3 is 2.58 bits per heavy atom. The maximum Gasteiger partial charge on any atom is 0.0318 e. The molecular formula is C16H25BrN2. The molecule has 1 aliphatic rings.